The fourth-order valence-electron chi connectivity index (χ4n) is 3.15. The summed E-state index contributed by atoms with van der Waals surface area (Å²) in [6.07, 6.45) is -1.54. The molecular weight excluding hydrogens is 348 g/mol. The fourth-order valence-corrected chi connectivity index (χ4v) is 3.15. The lowest BCUT2D eigenvalue weighted by Gasteiger charge is -2.35. The maximum Gasteiger partial charge on any atom is 0.408 e. The second kappa shape index (κ2) is 7.26. The van der Waals surface area contributed by atoms with Crippen molar-refractivity contribution >= 4 is 6.09 Å². The highest BCUT2D eigenvalue weighted by Gasteiger charge is 2.48. The standard InChI is InChI=1S/C20H22N2O5/c1-20(2,3)27-19(23)21-16-14-11-7-8-12-15(14)26-18(17(16)22(24)25)13-9-5-4-6-10-13/h4-12,16-18H,1-3H3,(H,21,23)/t16-,17-,18+/m1/s1. The third-order valence-corrected chi connectivity index (χ3v) is 4.20. The Kier molecular flexibility index (Phi) is 5.03. The van der Waals surface area contributed by atoms with Crippen molar-refractivity contribution in [3.8, 4) is 5.75 Å². The minimum absolute atomic E-state index is 0.407. The van der Waals surface area contributed by atoms with Crippen molar-refractivity contribution in [3.05, 3.63) is 75.8 Å². The Morgan fingerprint density at radius 1 is 1.11 bits per heavy atom. The minimum Gasteiger partial charge on any atom is -0.478 e. The highest BCUT2D eigenvalue weighted by Crippen LogP contribution is 2.42. The zero-order chi connectivity index (χ0) is 19.6. The molecule has 0 radical (unpaired) electrons. The van der Waals surface area contributed by atoms with Gasteiger partial charge in [-0.2, -0.15) is 0 Å². The van der Waals surface area contributed by atoms with Crippen molar-refractivity contribution in [2.75, 3.05) is 0 Å². The Bertz CT molecular complexity index is 832. The van der Waals surface area contributed by atoms with Crippen molar-refractivity contribution < 1.29 is 19.2 Å². The van der Waals surface area contributed by atoms with Gasteiger partial charge in [-0.15, -0.1) is 0 Å². The van der Waals surface area contributed by atoms with Crippen LogP contribution in [0, 0.1) is 10.1 Å². The van der Waals surface area contributed by atoms with E-state index in [4.69, 9.17) is 9.47 Å². The van der Waals surface area contributed by atoms with Crippen molar-refractivity contribution in [2.24, 2.45) is 0 Å². The van der Waals surface area contributed by atoms with Crippen LogP contribution in [0.15, 0.2) is 54.6 Å². The number of nitrogens with one attached hydrogen (secondary N) is 1. The summed E-state index contributed by atoms with van der Waals surface area (Å²) in [6, 6.07) is 13.9. The molecule has 1 aliphatic heterocycles. The van der Waals surface area contributed by atoms with Crippen LogP contribution in [0.2, 0.25) is 0 Å². The third kappa shape index (κ3) is 4.19. The Morgan fingerprint density at radius 2 is 1.74 bits per heavy atom. The molecule has 1 heterocycles. The molecule has 27 heavy (non-hydrogen) atoms. The summed E-state index contributed by atoms with van der Waals surface area (Å²) < 4.78 is 11.3. The summed E-state index contributed by atoms with van der Waals surface area (Å²) >= 11 is 0. The zero-order valence-electron chi connectivity index (χ0n) is 15.4. The molecule has 1 aliphatic rings. The Hall–Kier alpha value is -3.09. The molecule has 7 heteroatoms. The molecule has 0 aliphatic carbocycles. The quantitative estimate of drug-likeness (QED) is 0.651. The predicted octanol–water partition coefficient (Wildman–Crippen LogP) is 4.03. The Balaban J connectivity index is 2.01. The number of carbonyl (C=O) groups excluding carboxylic acids is 1. The molecule has 0 saturated heterocycles. The van der Waals surface area contributed by atoms with Crippen LogP contribution in [0.4, 0.5) is 4.79 Å². The largest absolute Gasteiger partial charge is 0.478 e. The number of para-hydroxylation sites is 1. The van der Waals surface area contributed by atoms with Crippen LogP contribution >= 0.6 is 0 Å². The third-order valence-electron chi connectivity index (χ3n) is 4.20. The fraction of sp³-hybridized carbons (Fsp3) is 0.350. The Morgan fingerprint density at radius 3 is 2.37 bits per heavy atom. The average molecular weight is 370 g/mol. The van der Waals surface area contributed by atoms with Gasteiger partial charge >= 0.3 is 6.09 Å². The number of carbonyl (C=O) groups is 1. The van der Waals surface area contributed by atoms with E-state index in [2.05, 4.69) is 5.32 Å². The molecule has 1 amide bonds. The van der Waals surface area contributed by atoms with Crippen molar-refractivity contribution in [1.29, 1.82) is 0 Å². The molecule has 1 N–H and O–H groups in total. The first-order chi connectivity index (χ1) is 12.8. The number of nitrogens with zero attached hydrogens (tertiary/aromatic N) is 1. The molecule has 3 atom stereocenters. The predicted molar refractivity (Wildman–Crippen MR) is 99.1 cm³/mol. The maximum atomic E-state index is 12.4. The minimum atomic E-state index is -1.20. The summed E-state index contributed by atoms with van der Waals surface area (Å²) in [4.78, 5) is 23.9. The zero-order valence-corrected chi connectivity index (χ0v) is 15.4. The smallest absolute Gasteiger partial charge is 0.408 e. The number of alkyl carbamates (subject to hydrolysis) is 1. The molecule has 7 nitrogen and oxygen atoms in total. The highest BCUT2D eigenvalue weighted by atomic mass is 16.6. The SMILES string of the molecule is CC(C)(C)OC(=O)N[C@@H]1c2ccccc2O[C@@H](c2ccccc2)[C@@H]1[N+](=O)[O-]. The number of benzene rings is 2. The first-order valence-electron chi connectivity index (χ1n) is 8.70. The topological polar surface area (TPSA) is 90.7 Å². The van der Waals surface area contributed by atoms with Crippen molar-refractivity contribution in [2.45, 2.75) is 44.6 Å². The lowest BCUT2D eigenvalue weighted by molar-refractivity contribution is -0.541. The number of rotatable bonds is 3. The van der Waals surface area contributed by atoms with Crippen LogP contribution in [0.3, 0.4) is 0 Å². The molecule has 0 aromatic heterocycles. The summed E-state index contributed by atoms with van der Waals surface area (Å²) in [5, 5.41) is 14.6. The number of hydrogen-bond acceptors (Lipinski definition) is 5. The van der Waals surface area contributed by atoms with Gasteiger partial charge in [0.25, 0.3) is 6.04 Å². The van der Waals surface area contributed by atoms with Gasteiger partial charge in [0.05, 0.1) is 0 Å². The number of amides is 1. The van der Waals surface area contributed by atoms with E-state index in [1.807, 2.05) is 6.07 Å². The van der Waals surface area contributed by atoms with E-state index < -0.39 is 34.8 Å². The number of hydrogen-bond donors (Lipinski definition) is 1. The van der Waals surface area contributed by atoms with Gasteiger partial charge in [0, 0.05) is 10.5 Å². The van der Waals surface area contributed by atoms with E-state index in [0.717, 1.165) is 0 Å². The molecule has 142 valence electrons. The summed E-state index contributed by atoms with van der Waals surface area (Å²) in [6.45, 7) is 5.22. The van der Waals surface area contributed by atoms with Crippen molar-refractivity contribution in [1.82, 2.24) is 5.32 Å². The van der Waals surface area contributed by atoms with Gasteiger partial charge in [-0.3, -0.25) is 10.1 Å². The second-order valence-corrected chi connectivity index (χ2v) is 7.39. The van der Waals surface area contributed by atoms with Gasteiger partial charge in [0.1, 0.15) is 17.4 Å². The van der Waals surface area contributed by atoms with Crippen LogP contribution in [0.1, 0.15) is 44.0 Å². The summed E-state index contributed by atoms with van der Waals surface area (Å²) in [5.74, 6) is 0.505. The van der Waals surface area contributed by atoms with Gasteiger partial charge < -0.3 is 14.8 Å². The number of nitro groups is 1. The molecule has 0 bridgehead atoms. The van der Waals surface area contributed by atoms with Crippen LogP contribution in [0.5, 0.6) is 5.75 Å². The van der Waals surface area contributed by atoms with Gasteiger partial charge in [0.2, 0.25) is 0 Å². The highest BCUT2D eigenvalue weighted by molar-refractivity contribution is 5.69. The van der Waals surface area contributed by atoms with E-state index in [9.17, 15) is 14.9 Å². The van der Waals surface area contributed by atoms with E-state index >= 15 is 0 Å². The van der Waals surface area contributed by atoms with Crippen LogP contribution in [-0.2, 0) is 4.74 Å². The van der Waals surface area contributed by atoms with Crippen LogP contribution in [-0.4, -0.2) is 22.7 Å². The molecule has 2 aromatic carbocycles. The summed E-state index contributed by atoms with van der Waals surface area (Å²) in [7, 11) is 0. The normalized spacial score (nSPS) is 21.5. The first kappa shape index (κ1) is 18.7. The molecule has 0 fully saturated rings. The van der Waals surface area contributed by atoms with Gasteiger partial charge in [-0.1, -0.05) is 48.5 Å². The first-order valence-corrected chi connectivity index (χ1v) is 8.70. The van der Waals surface area contributed by atoms with Crippen LogP contribution < -0.4 is 10.1 Å². The second-order valence-electron chi connectivity index (χ2n) is 7.39. The van der Waals surface area contributed by atoms with Crippen LogP contribution in [0.25, 0.3) is 0 Å². The van der Waals surface area contributed by atoms with Gasteiger partial charge in [-0.05, 0) is 32.4 Å². The van der Waals surface area contributed by atoms with Gasteiger partial charge in [-0.25, -0.2) is 4.79 Å². The number of ether oxygens (including phenoxy) is 2. The molecular formula is C20H22N2O5. The monoisotopic (exact) mass is 370 g/mol. The summed E-state index contributed by atoms with van der Waals surface area (Å²) in [5.41, 5.74) is 0.513. The van der Waals surface area contributed by atoms with E-state index in [1.165, 1.54) is 0 Å². The molecule has 2 aromatic rings. The van der Waals surface area contributed by atoms with Gasteiger partial charge in [0.15, 0.2) is 6.10 Å². The molecule has 3 rings (SSSR count). The average Bonchev–Trinajstić information content (AvgIpc) is 2.60. The molecule has 0 unspecified atom stereocenters. The molecule has 0 saturated carbocycles. The molecule has 0 spiro atoms. The van der Waals surface area contributed by atoms with E-state index in [-0.39, 0.29) is 0 Å². The van der Waals surface area contributed by atoms with E-state index in [1.54, 1.807) is 69.3 Å². The number of fused-ring (bicyclic) bond motifs is 1. The van der Waals surface area contributed by atoms with E-state index in [0.29, 0.717) is 16.9 Å². The van der Waals surface area contributed by atoms with Crippen molar-refractivity contribution in [3.63, 3.8) is 0 Å². The lowest BCUT2D eigenvalue weighted by atomic mass is 9.88. The maximum absolute atomic E-state index is 12.4. The lowest BCUT2D eigenvalue weighted by Crippen LogP contribution is -2.48. The Labute approximate surface area is 157 Å².